The van der Waals surface area contributed by atoms with Gasteiger partial charge in [0.1, 0.15) is 5.54 Å². The topological polar surface area (TPSA) is 74.6 Å². The quantitative estimate of drug-likeness (QED) is 0.867. The van der Waals surface area contributed by atoms with Gasteiger partial charge in [0.25, 0.3) is 0 Å². The Morgan fingerprint density at radius 2 is 2.13 bits per heavy atom. The van der Waals surface area contributed by atoms with E-state index in [0.717, 1.165) is 17.1 Å². The minimum absolute atomic E-state index is 0.0376. The molecule has 1 heterocycles. The van der Waals surface area contributed by atoms with E-state index in [9.17, 15) is 10.1 Å². The molecular weight excluding hydrogens is 294 g/mol. The number of fused-ring (bicyclic) bond motifs is 1. The summed E-state index contributed by atoms with van der Waals surface area (Å²) < 4.78 is 10.6. The summed E-state index contributed by atoms with van der Waals surface area (Å²) in [5.74, 6) is 1.36. The van der Waals surface area contributed by atoms with Crippen LogP contribution in [0.2, 0.25) is 0 Å². The molecule has 2 rings (SSSR count). The van der Waals surface area contributed by atoms with Crippen molar-refractivity contribution in [3.63, 3.8) is 0 Å². The summed E-state index contributed by atoms with van der Waals surface area (Å²) in [5.41, 5.74) is 0.188. The molecule has 124 valence electrons. The molecule has 0 aliphatic carbocycles. The van der Waals surface area contributed by atoms with Gasteiger partial charge in [-0.1, -0.05) is 19.9 Å². The Morgan fingerprint density at radius 1 is 1.43 bits per heavy atom. The Labute approximate surface area is 137 Å². The van der Waals surface area contributed by atoms with Crippen molar-refractivity contribution in [3.05, 3.63) is 23.8 Å². The first kappa shape index (κ1) is 17.1. The van der Waals surface area contributed by atoms with Crippen LogP contribution in [0.1, 0.15) is 26.3 Å². The van der Waals surface area contributed by atoms with Crippen LogP contribution in [-0.4, -0.2) is 36.7 Å². The predicted octanol–water partition coefficient (Wildman–Crippen LogP) is 1.90. The van der Waals surface area contributed by atoms with Gasteiger partial charge in [-0.2, -0.15) is 5.26 Å². The number of nitrogens with one attached hydrogen (secondary N) is 1. The second kappa shape index (κ2) is 6.88. The highest BCUT2D eigenvalue weighted by molar-refractivity contribution is 5.79. The van der Waals surface area contributed by atoms with E-state index in [1.165, 1.54) is 0 Å². The maximum atomic E-state index is 12.2. The summed E-state index contributed by atoms with van der Waals surface area (Å²) in [6.45, 7) is 6.65. The first-order chi connectivity index (χ1) is 10.8. The zero-order chi connectivity index (χ0) is 17.0. The van der Waals surface area contributed by atoms with Crippen LogP contribution in [-0.2, 0) is 11.3 Å². The van der Waals surface area contributed by atoms with Gasteiger partial charge in [-0.3, -0.25) is 9.69 Å². The van der Waals surface area contributed by atoms with Crippen LogP contribution in [0.4, 0.5) is 0 Å². The maximum Gasteiger partial charge on any atom is 0.235 e. The van der Waals surface area contributed by atoms with Crippen molar-refractivity contribution in [2.75, 3.05) is 20.4 Å². The molecule has 0 spiro atoms. The van der Waals surface area contributed by atoms with Crippen molar-refractivity contribution in [1.29, 1.82) is 5.26 Å². The third-order valence-electron chi connectivity index (χ3n) is 4.09. The molecule has 0 bridgehead atoms. The number of rotatable bonds is 6. The fourth-order valence-corrected chi connectivity index (χ4v) is 2.28. The molecule has 1 aliphatic rings. The Hall–Kier alpha value is -2.26. The number of hydrogen-bond acceptors (Lipinski definition) is 5. The minimum atomic E-state index is -0.851. The van der Waals surface area contributed by atoms with Crippen molar-refractivity contribution >= 4 is 5.91 Å². The normalized spacial score (nSPS) is 15.3. The molecule has 1 atom stereocenters. The van der Waals surface area contributed by atoms with E-state index in [-0.39, 0.29) is 25.2 Å². The van der Waals surface area contributed by atoms with Gasteiger partial charge in [0.2, 0.25) is 12.7 Å². The molecule has 0 saturated heterocycles. The van der Waals surface area contributed by atoms with Crippen LogP contribution in [0.3, 0.4) is 0 Å². The average molecular weight is 317 g/mol. The molecule has 6 heteroatoms. The van der Waals surface area contributed by atoms with Crippen molar-refractivity contribution in [2.45, 2.75) is 32.9 Å². The lowest BCUT2D eigenvalue weighted by atomic mass is 9.90. The van der Waals surface area contributed by atoms with E-state index in [0.29, 0.717) is 6.54 Å². The van der Waals surface area contributed by atoms with Gasteiger partial charge < -0.3 is 14.8 Å². The van der Waals surface area contributed by atoms with Gasteiger partial charge in [0.05, 0.1) is 12.6 Å². The number of likely N-dealkylation sites (N-methyl/N-ethyl adjacent to an activating group) is 1. The largest absolute Gasteiger partial charge is 0.454 e. The third-order valence-corrected chi connectivity index (χ3v) is 4.09. The number of nitriles is 1. The lowest BCUT2D eigenvalue weighted by molar-refractivity contribution is -0.123. The number of benzene rings is 1. The highest BCUT2D eigenvalue weighted by Gasteiger charge is 2.30. The molecule has 0 aromatic heterocycles. The summed E-state index contributed by atoms with van der Waals surface area (Å²) in [6.07, 6.45) is 0. The van der Waals surface area contributed by atoms with E-state index < -0.39 is 5.54 Å². The van der Waals surface area contributed by atoms with Gasteiger partial charge >= 0.3 is 0 Å². The Balaban J connectivity index is 1.91. The van der Waals surface area contributed by atoms with Crippen LogP contribution < -0.4 is 14.8 Å². The zero-order valence-corrected chi connectivity index (χ0v) is 14.0. The van der Waals surface area contributed by atoms with Gasteiger partial charge in [-0.25, -0.2) is 0 Å². The maximum absolute atomic E-state index is 12.2. The Morgan fingerprint density at radius 3 is 2.78 bits per heavy atom. The van der Waals surface area contributed by atoms with E-state index in [2.05, 4.69) is 11.4 Å². The second-order valence-electron chi connectivity index (χ2n) is 6.38. The SMILES string of the molecule is CC(C)C(C)(C#N)NC(=O)CN(C)Cc1ccc2c(c1)OCO2. The average Bonchev–Trinajstić information content (AvgIpc) is 2.93. The lowest BCUT2D eigenvalue weighted by Gasteiger charge is -2.28. The number of amides is 1. The van der Waals surface area contributed by atoms with Crippen molar-refractivity contribution in [3.8, 4) is 17.6 Å². The predicted molar refractivity (Wildman–Crippen MR) is 85.9 cm³/mol. The highest BCUT2D eigenvalue weighted by atomic mass is 16.7. The van der Waals surface area contributed by atoms with Gasteiger partial charge in [-0.15, -0.1) is 0 Å². The molecule has 1 aromatic carbocycles. The fraction of sp³-hybridized carbons (Fsp3) is 0.529. The molecule has 0 saturated carbocycles. The summed E-state index contributed by atoms with van der Waals surface area (Å²) in [6, 6.07) is 7.93. The van der Waals surface area contributed by atoms with E-state index in [4.69, 9.17) is 9.47 Å². The molecule has 0 fully saturated rings. The standard InChI is InChI=1S/C17H23N3O3/c1-12(2)17(3,10-18)19-16(21)9-20(4)8-13-5-6-14-15(7-13)23-11-22-14/h5-7,12H,8-9,11H2,1-4H3,(H,19,21). The summed E-state index contributed by atoms with van der Waals surface area (Å²) in [5, 5.41) is 12.1. The summed E-state index contributed by atoms with van der Waals surface area (Å²) in [7, 11) is 1.86. The molecule has 1 aromatic rings. The monoisotopic (exact) mass is 317 g/mol. The van der Waals surface area contributed by atoms with Crippen LogP contribution in [0, 0.1) is 17.2 Å². The fourth-order valence-electron chi connectivity index (χ4n) is 2.28. The van der Waals surface area contributed by atoms with Gasteiger partial charge in [-0.05, 0) is 37.6 Å². The Kier molecular flexibility index (Phi) is 5.12. The summed E-state index contributed by atoms with van der Waals surface area (Å²) in [4.78, 5) is 14.1. The minimum Gasteiger partial charge on any atom is -0.454 e. The smallest absolute Gasteiger partial charge is 0.235 e. The van der Waals surface area contributed by atoms with E-state index in [1.807, 2.05) is 44.0 Å². The second-order valence-corrected chi connectivity index (χ2v) is 6.38. The molecule has 23 heavy (non-hydrogen) atoms. The van der Waals surface area contributed by atoms with Gasteiger partial charge in [0.15, 0.2) is 11.5 Å². The van der Waals surface area contributed by atoms with Crippen molar-refractivity contribution in [1.82, 2.24) is 10.2 Å². The van der Waals surface area contributed by atoms with Crippen LogP contribution >= 0.6 is 0 Å². The molecule has 0 radical (unpaired) electrons. The van der Waals surface area contributed by atoms with Crippen LogP contribution in [0.15, 0.2) is 18.2 Å². The van der Waals surface area contributed by atoms with E-state index >= 15 is 0 Å². The number of carbonyl (C=O) groups is 1. The zero-order valence-electron chi connectivity index (χ0n) is 14.0. The Bertz CT molecular complexity index is 624. The van der Waals surface area contributed by atoms with Crippen LogP contribution in [0.25, 0.3) is 0 Å². The third kappa shape index (κ3) is 4.14. The molecule has 6 nitrogen and oxygen atoms in total. The first-order valence-electron chi connectivity index (χ1n) is 7.63. The number of ether oxygens (including phenoxy) is 2. The molecule has 1 aliphatic heterocycles. The lowest BCUT2D eigenvalue weighted by Crippen LogP contribution is -2.51. The summed E-state index contributed by atoms with van der Waals surface area (Å²) >= 11 is 0. The molecule has 1 N–H and O–H groups in total. The number of nitrogens with zero attached hydrogens (tertiary/aromatic N) is 2. The van der Waals surface area contributed by atoms with E-state index in [1.54, 1.807) is 6.92 Å². The number of hydrogen-bond donors (Lipinski definition) is 1. The molecular formula is C17H23N3O3. The van der Waals surface area contributed by atoms with Gasteiger partial charge in [0, 0.05) is 6.54 Å². The van der Waals surface area contributed by atoms with Crippen LogP contribution in [0.5, 0.6) is 11.5 Å². The molecule has 1 amide bonds. The highest BCUT2D eigenvalue weighted by Crippen LogP contribution is 2.32. The van der Waals surface area contributed by atoms with Crippen molar-refractivity contribution < 1.29 is 14.3 Å². The first-order valence-corrected chi connectivity index (χ1v) is 7.63. The molecule has 1 unspecified atom stereocenters. The number of carbonyl (C=O) groups excluding carboxylic acids is 1. The van der Waals surface area contributed by atoms with Crippen molar-refractivity contribution in [2.24, 2.45) is 5.92 Å².